The number of nitrogens with zero attached hydrogens (tertiary/aromatic N) is 1. The lowest BCUT2D eigenvalue weighted by atomic mass is 10.1. The zero-order valence-corrected chi connectivity index (χ0v) is 9.87. The Morgan fingerprint density at radius 2 is 2.00 bits per heavy atom. The van der Waals surface area contributed by atoms with Crippen LogP contribution in [0.15, 0.2) is 41.4 Å². The number of hydrogen-bond acceptors (Lipinski definition) is 3. The number of carbonyl (C=O) groups excluding carboxylic acids is 1. The summed E-state index contributed by atoms with van der Waals surface area (Å²) in [6.07, 6.45) is 4.01. The molecule has 1 N–H and O–H groups in total. The van der Waals surface area contributed by atoms with Gasteiger partial charge in [0.25, 0.3) is 0 Å². The Bertz CT molecular complexity index is 474. The SMILES string of the molecule is CC=CC=NC(=O)OCc1ccc(C(=O)O)cc1. The summed E-state index contributed by atoms with van der Waals surface area (Å²) in [5, 5.41) is 8.70. The lowest BCUT2D eigenvalue weighted by Gasteiger charge is -2.01. The largest absolute Gasteiger partial charge is 0.478 e. The number of allylic oxidation sites excluding steroid dienone is 2. The Hall–Kier alpha value is -2.43. The van der Waals surface area contributed by atoms with E-state index in [-0.39, 0.29) is 12.2 Å². The van der Waals surface area contributed by atoms with E-state index in [2.05, 4.69) is 4.99 Å². The van der Waals surface area contributed by atoms with Gasteiger partial charge in [-0.15, -0.1) is 0 Å². The fourth-order valence-electron chi connectivity index (χ4n) is 1.12. The van der Waals surface area contributed by atoms with Crippen LogP contribution in [0.4, 0.5) is 4.79 Å². The second-order valence-electron chi connectivity index (χ2n) is 3.36. The molecule has 5 nitrogen and oxygen atoms in total. The molecule has 0 unspecified atom stereocenters. The van der Waals surface area contributed by atoms with Gasteiger partial charge in [-0.1, -0.05) is 18.2 Å². The van der Waals surface area contributed by atoms with Crippen molar-refractivity contribution in [3.05, 3.63) is 47.5 Å². The van der Waals surface area contributed by atoms with E-state index in [9.17, 15) is 9.59 Å². The lowest BCUT2D eigenvalue weighted by Crippen LogP contribution is -2.00. The Morgan fingerprint density at radius 1 is 1.33 bits per heavy atom. The molecule has 0 bridgehead atoms. The van der Waals surface area contributed by atoms with E-state index in [1.807, 2.05) is 0 Å². The van der Waals surface area contributed by atoms with Crippen molar-refractivity contribution in [1.29, 1.82) is 0 Å². The van der Waals surface area contributed by atoms with Gasteiger partial charge < -0.3 is 9.84 Å². The van der Waals surface area contributed by atoms with Gasteiger partial charge in [0.1, 0.15) is 6.61 Å². The monoisotopic (exact) mass is 247 g/mol. The van der Waals surface area contributed by atoms with Crippen LogP contribution in [0.2, 0.25) is 0 Å². The van der Waals surface area contributed by atoms with Crippen molar-refractivity contribution < 1.29 is 19.4 Å². The summed E-state index contributed by atoms with van der Waals surface area (Å²) in [6.45, 7) is 1.87. The number of aliphatic imine (C=N–C) groups is 1. The van der Waals surface area contributed by atoms with Crippen molar-refractivity contribution >= 4 is 18.3 Å². The number of benzene rings is 1. The van der Waals surface area contributed by atoms with Gasteiger partial charge in [-0.3, -0.25) is 0 Å². The van der Waals surface area contributed by atoms with Crippen LogP contribution < -0.4 is 0 Å². The molecule has 1 amide bonds. The first-order valence-electron chi connectivity index (χ1n) is 5.28. The molecule has 0 heterocycles. The van der Waals surface area contributed by atoms with Gasteiger partial charge in [0.15, 0.2) is 0 Å². The molecular weight excluding hydrogens is 234 g/mol. The molecule has 0 saturated heterocycles. The normalized spacial score (nSPS) is 10.9. The molecular formula is C13H13NO4. The van der Waals surface area contributed by atoms with Crippen LogP contribution >= 0.6 is 0 Å². The highest BCUT2D eigenvalue weighted by Gasteiger charge is 2.03. The number of ether oxygens (including phenoxy) is 1. The summed E-state index contributed by atoms with van der Waals surface area (Å²) in [7, 11) is 0. The van der Waals surface area contributed by atoms with Gasteiger partial charge in [0, 0.05) is 6.21 Å². The van der Waals surface area contributed by atoms with E-state index >= 15 is 0 Å². The first kappa shape index (κ1) is 13.6. The lowest BCUT2D eigenvalue weighted by molar-refractivity contribution is 0.0696. The van der Waals surface area contributed by atoms with Crippen molar-refractivity contribution in [3.63, 3.8) is 0 Å². The molecule has 0 spiro atoms. The third-order valence-corrected chi connectivity index (χ3v) is 2.02. The fourth-order valence-corrected chi connectivity index (χ4v) is 1.12. The number of rotatable bonds is 4. The van der Waals surface area contributed by atoms with Crippen LogP contribution in [-0.4, -0.2) is 23.4 Å². The van der Waals surface area contributed by atoms with E-state index in [0.29, 0.717) is 5.56 Å². The number of carbonyl (C=O) groups is 2. The molecule has 0 aliphatic carbocycles. The molecule has 5 heteroatoms. The summed E-state index contributed by atoms with van der Waals surface area (Å²) < 4.78 is 4.86. The molecule has 0 aliphatic heterocycles. The molecule has 0 aromatic heterocycles. The number of amides is 1. The van der Waals surface area contributed by atoms with Crippen molar-refractivity contribution in [1.82, 2.24) is 0 Å². The molecule has 18 heavy (non-hydrogen) atoms. The first-order valence-corrected chi connectivity index (χ1v) is 5.28. The predicted octanol–water partition coefficient (Wildman–Crippen LogP) is 2.67. The summed E-state index contributed by atoms with van der Waals surface area (Å²) in [4.78, 5) is 25.2. The minimum atomic E-state index is -0.991. The fraction of sp³-hybridized carbons (Fsp3) is 0.154. The van der Waals surface area contributed by atoms with E-state index in [1.54, 1.807) is 31.2 Å². The zero-order valence-electron chi connectivity index (χ0n) is 9.87. The standard InChI is InChI=1S/C13H13NO4/c1-2-3-8-14-13(17)18-9-10-4-6-11(7-5-10)12(15)16/h2-8H,9H2,1H3,(H,15,16). The minimum Gasteiger partial charge on any atom is -0.478 e. The Kier molecular flexibility index (Phi) is 5.31. The minimum absolute atomic E-state index is 0.0614. The van der Waals surface area contributed by atoms with Crippen LogP contribution in [0.5, 0.6) is 0 Å². The zero-order chi connectivity index (χ0) is 13.4. The second kappa shape index (κ2) is 7.01. The van der Waals surface area contributed by atoms with Crippen molar-refractivity contribution in [2.24, 2.45) is 4.99 Å². The van der Waals surface area contributed by atoms with E-state index in [4.69, 9.17) is 9.84 Å². The third kappa shape index (κ3) is 4.61. The summed E-state index contributed by atoms with van der Waals surface area (Å²) in [6, 6.07) is 6.09. The molecule has 0 atom stereocenters. The molecule has 0 aliphatic rings. The summed E-state index contributed by atoms with van der Waals surface area (Å²) in [5.74, 6) is -0.991. The highest BCUT2D eigenvalue weighted by molar-refractivity contribution is 5.87. The topological polar surface area (TPSA) is 76.0 Å². The Morgan fingerprint density at radius 3 is 2.56 bits per heavy atom. The van der Waals surface area contributed by atoms with Crippen LogP contribution in [-0.2, 0) is 11.3 Å². The molecule has 1 aromatic rings. The molecule has 94 valence electrons. The molecule has 0 radical (unpaired) electrons. The van der Waals surface area contributed by atoms with Crippen molar-refractivity contribution in [2.75, 3.05) is 0 Å². The quantitative estimate of drug-likeness (QED) is 0.830. The van der Waals surface area contributed by atoms with Gasteiger partial charge in [-0.05, 0) is 30.7 Å². The Labute approximate surface area is 104 Å². The summed E-state index contributed by atoms with van der Waals surface area (Å²) >= 11 is 0. The molecule has 0 fully saturated rings. The number of aromatic carboxylic acids is 1. The van der Waals surface area contributed by atoms with Gasteiger partial charge in [-0.2, -0.15) is 4.99 Å². The van der Waals surface area contributed by atoms with Crippen LogP contribution in [0.3, 0.4) is 0 Å². The van der Waals surface area contributed by atoms with E-state index in [0.717, 1.165) is 0 Å². The van der Waals surface area contributed by atoms with Gasteiger partial charge in [-0.25, -0.2) is 9.59 Å². The highest BCUT2D eigenvalue weighted by atomic mass is 16.5. The second-order valence-corrected chi connectivity index (χ2v) is 3.36. The maximum atomic E-state index is 11.1. The Balaban J connectivity index is 2.48. The number of carboxylic acid groups (broad SMARTS) is 1. The molecule has 0 saturated carbocycles. The third-order valence-electron chi connectivity index (χ3n) is 2.02. The van der Waals surface area contributed by atoms with Crippen molar-refractivity contribution in [3.8, 4) is 0 Å². The van der Waals surface area contributed by atoms with E-state index < -0.39 is 12.1 Å². The van der Waals surface area contributed by atoms with Gasteiger partial charge in [0.05, 0.1) is 5.56 Å². The smallest absolute Gasteiger partial charge is 0.433 e. The van der Waals surface area contributed by atoms with E-state index in [1.165, 1.54) is 18.3 Å². The first-order chi connectivity index (χ1) is 8.63. The average Bonchev–Trinajstić information content (AvgIpc) is 2.37. The van der Waals surface area contributed by atoms with Crippen molar-refractivity contribution in [2.45, 2.75) is 13.5 Å². The van der Waals surface area contributed by atoms with Gasteiger partial charge in [0.2, 0.25) is 0 Å². The van der Waals surface area contributed by atoms with Gasteiger partial charge >= 0.3 is 12.1 Å². The number of hydrogen-bond donors (Lipinski definition) is 1. The van der Waals surface area contributed by atoms with Crippen LogP contribution in [0.1, 0.15) is 22.8 Å². The average molecular weight is 247 g/mol. The maximum Gasteiger partial charge on any atom is 0.433 e. The van der Waals surface area contributed by atoms with Crippen LogP contribution in [0.25, 0.3) is 0 Å². The predicted molar refractivity (Wildman–Crippen MR) is 66.9 cm³/mol. The van der Waals surface area contributed by atoms with Crippen LogP contribution in [0, 0.1) is 0 Å². The molecule has 1 aromatic carbocycles. The number of carboxylic acids is 1. The molecule has 1 rings (SSSR count). The summed E-state index contributed by atoms with van der Waals surface area (Å²) in [5.41, 5.74) is 0.894. The maximum absolute atomic E-state index is 11.1. The highest BCUT2D eigenvalue weighted by Crippen LogP contribution is 2.06.